The molecular weight excluding hydrogens is 176 g/mol. The second-order valence-electron chi connectivity index (χ2n) is 4.91. The molecule has 1 atom stereocenters. The molecule has 0 aromatic carbocycles. The second-order valence-corrected chi connectivity index (χ2v) is 4.91. The monoisotopic (exact) mass is 194 g/mol. The fraction of sp³-hybridized carbons (Fsp3) is 0.750. The molecule has 0 amide bonds. The lowest BCUT2D eigenvalue weighted by molar-refractivity contribution is -0.150. The Hall–Kier alpha value is -0.630. The molecule has 2 nitrogen and oxygen atoms in total. The molecule has 1 heterocycles. The van der Waals surface area contributed by atoms with Crippen molar-refractivity contribution in [2.24, 2.45) is 5.41 Å². The van der Waals surface area contributed by atoms with Crippen molar-refractivity contribution in [1.82, 2.24) is 0 Å². The van der Waals surface area contributed by atoms with E-state index in [1.54, 1.807) is 6.08 Å². The largest absolute Gasteiger partial charge is 0.366 e. The fourth-order valence-electron chi connectivity index (χ4n) is 2.54. The molecule has 0 N–H and O–H groups in total. The Labute approximate surface area is 85.3 Å². The summed E-state index contributed by atoms with van der Waals surface area (Å²) in [5.74, 6) is 0.171. The highest BCUT2D eigenvalue weighted by atomic mass is 16.5. The van der Waals surface area contributed by atoms with Crippen LogP contribution >= 0.6 is 0 Å². The van der Waals surface area contributed by atoms with Gasteiger partial charge in [0.2, 0.25) is 0 Å². The lowest BCUT2D eigenvalue weighted by atomic mass is 9.74. The first kappa shape index (κ1) is 9.91. The van der Waals surface area contributed by atoms with Gasteiger partial charge in [-0.05, 0) is 25.3 Å². The van der Waals surface area contributed by atoms with Gasteiger partial charge in [-0.2, -0.15) is 0 Å². The molecule has 1 spiro atoms. The third-order valence-electron chi connectivity index (χ3n) is 3.61. The Morgan fingerprint density at radius 3 is 2.71 bits per heavy atom. The van der Waals surface area contributed by atoms with E-state index in [0.29, 0.717) is 0 Å². The average molecular weight is 194 g/mol. The molecule has 0 radical (unpaired) electrons. The van der Waals surface area contributed by atoms with Crippen molar-refractivity contribution in [3.8, 4) is 0 Å². The quantitative estimate of drug-likeness (QED) is 0.592. The molecular formula is C12H18O2. The average Bonchev–Trinajstić information content (AvgIpc) is 2.36. The van der Waals surface area contributed by atoms with E-state index in [9.17, 15) is 4.79 Å². The molecule has 0 aromatic heterocycles. The zero-order valence-corrected chi connectivity index (χ0v) is 9.01. The first-order valence-electron chi connectivity index (χ1n) is 5.46. The third kappa shape index (κ3) is 1.24. The van der Waals surface area contributed by atoms with E-state index in [1.165, 1.54) is 6.42 Å². The maximum atomic E-state index is 11.9. The highest BCUT2D eigenvalue weighted by Gasteiger charge is 2.53. The highest BCUT2D eigenvalue weighted by Crippen LogP contribution is 2.46. The maximum absolute atomic E-state index is 11.9. The predicted octanol–water partition coefficient (Wildman–Crippen LogP) is 2.48. The van der Waals surface area contributed by atoms with Crippen LogP contribution in [-0.4, -0.2) is 18.0 Å². The van der Waals surface area contributed by atoms with Gasteiger partial charge in [0.05, 0.1) is 0 Å². The van der Waals surface area contributed by atoms with Gasteiger partial charge in [-0.1, -0.05) is 26.3 Å². The Balaban J connectivity index is 2.32. The van der Waals surface area contributed by atoms with E-state index in [4.69, 9.17) is 4.74 Å². The van der Waals surface area contributed by atoms with Crippen molar-refractivity contribution in [3.05, 3.63) is 12.2 Å². The number of carbonyl (C=O) groups excluding carboxylic acids is 1. The van der Waals surface area contributed by atoms with Crippen molar-refractivity contribution in [1.29, 1.82) is 0 Å². The molecule has 1 fully saturated rings. The summed E-state index contributed by atoms with van der Waals surface area (Å²) in [6, 6.07) is 0. The van der Waals surface area contributed by atoms with Crippen LogP contribution < -0.4 is 0 Å². The topological polar surface area (TPSA) is 26.3 Å². The summed E-state index contributed by atoms with van der Waals surface area (Å²) in [5.41, 5.74) is -0.669. The normalized spacial score (nSPS) is 36.3. The minimum absolute atomic E-state index is 0.131. The summed E-state index contributed by atoms with van der Waals surface area (Å²) in [6.45, 7) is 4.93. The van der Waals surface area contributed by atoms with E-state index in [2.05, 4.69) is 13.8 Å². The Morgan fingerprint density at radius 1 is 1.29 bits per heavy atom. The van der Waals surface area contributed by atoms with Crippen LogP contribution in [-0.2, 0) is 9.53 Å². The summed E-state index contributed by atoms with van der Waals surface area (Å²) >= 11 is 0. The first-order chi connectivity index (χ1) is 6.58. The van der Waals surface area contributed by atoms with E-state index in [0.717, 1.165) is 25.9 Å². The third-order valence-corrected chi connectivity index (χ3v) is 3.61. The molecule has 78 valence electrons. The van der Waals surface area contributed by atoms with Crippen molar-refractivity contribution in [2.75, 3.05) is 6.61 Å². The van der Waals surface area contributed by atoms with Gasteiger partial charge in [-0.15, -0.1) is 0 Å². The van der Waals surface area contributed by atoms with Crippen LogP contribution in [0.25, 0.3) is 0 Å². The minimum Gasteiger partial charge on any atom is -0.366 e. The lowest BCUT2D eigenvalue weighted by Crippen LogP contribution is -2.48. The molecule has 2 aliphatic rings. The molecule has 2 heteroatoms. The van der Waals surface area contributed by atoms with E-state index in [1.807, 2.05) is 6.08 Å². The van der Waals surface area contributed by atoms with Crippen molar-refractivity contribution in [3.63, 3.8) is 0 Å². The van der Waals surface area contributed by atoms with Gasteiger partial charge in [-0.3, -0.25) is 4.79 Å². The molecule has 1 saturated heterocycles. The number of hydrogen-bond acceptors (Lipinski definition) is 2. The van der Waals surface area contributed by atoms with E-state index < -0.39 is 5.60 Å². The zero-order chi connectivity index (χ0) is 10.2. The van der Waals surface area contributed by atoms with Crippen LogP contribution in [0.4, 0.5) is 0 Å². The number of ether oxygens (including phenoxy) is 1. The van der Waals surface area contributed by atoms with E-state index >= 15 is 0 Å². The standard InChI is InChI=1S/C12H18O2/c1-11(2)8-6-10(13)12(11)7-4-3-5-9-14-12/h6,8H,3-5,7,9H2,1-2H3/t12-/m0/s1. The van der Waals surface area contributed by atoms with Gasteiger partial charge >= 0.3 is 0 Å². The Bertz CT molecular complexity index is 268. The van der Waals surface area contributed by atoms with Gasteiger partial charge in [0.25, 0.3) is 0 Å². The molecule has 0 unspecified atom stereocenters. The Kier molecular flexibility index (Phi) is 2.26. The maximum Gasteiger partial charge on any atom is 0.188 e. The summed E-state index contributed by atoms with van der Waals surface area (Å²) in [4.78, 5) is 11.9. The van der Waals surface area contributed by atoms with E-state index in [-0.39, 0.29) is 11.2 Å². The molecule has 0 saturated carbocycles. The minimum atomic E-state index is -0.538. The van der Waals surface area contributed by atoms with Crippen LogP contribution in [0.2, 0.25) is 0 Å². The first-order valence-corrected chi connectivity index (χ1v) is 5.46. The fourth-order valence-corrected chi connectivity index (χ4v) is 2.54. The summed E-state index contributed by atoms with van der Waals surface area (Å²) in [5, 5.41) is 0. The van der Waals surface area contributed by atoms with Crippen LogP contribution in [0.15, 0.2) is 12.2 Å². The SMILES string of the molecule is CC1(C)C=CC(=O)[C@@]12CCCCCO2. The summed E-state index contributed by atoms with van der Waals surface area (Å²) < 4.78 is 5.87. The Morgan fingerprint density at radius 2 is 2.07 bits per heavy atom. The summed E-state index contributed by atoms with van der Waals surface area (Å²) in [7, 11) is 0. The number of hydrogen-bond donors (Lipinski definition) is 0. The van der Waals surface area contributed by atoms with Gasteiger partial charge < -0.3 is 4.74 Å². The van der Waals surface area contributed by atoms with Gasteiger partial charge in [0.1, 0.15) is 5.60 Å². The number of carbonyl (C=O) groups is 1. The molecule has 0 aromatic rings. The van der Waals surface area contributed by atoms with Crippen LogP contribution in [0.3, 0.4) is 0 Å². The molecule has 2 rings (SSSR count). The zero-order valence-electron chi connectivity index (χ0n) is 9.01. The van der Waals surface area contributed by atoms with Gasteiger partial charge in [-0.25, -0.2) is 0 Å². The van der Waals surface area contributed by atoms with Crippen molar-refractivity contribution in [2.45, 2.75) is 45.1 Å². The lowest BCUT2D eigenvalue weighted by Gasteiger charge is -2.38. The van der Waals surface area contributed by atoms with Crippen LogP contribution in [0.5, 0.6) is 0 Å². The second kappa shape index (κ2) is 3.20. The van der Waals surface area contributed by atoms with Gasteiger partial charge in [0.15, 0.2) is 5.78 Å². The van der Waals surface area contributed by atoms with Crippen LogP contribution in [0, 0.1) is 5.41 Å². The molecule has 1 aliphatic carbocycles. The van der Waals surface area contributed by atoms with Gasteiger partial charge in [0, 0.05) is 12.0 Å². The smallest absolute Gasteiger partial charge is 0.188 e. The number of ketones is 1. The highest BCUT2D eigenvalue weighted by molar-refractivity contribution is 6.00. The predicted molar refractivity (Wildman–Crippen MR) is 55.1 cm³/mol. The van der Waals surface area contributed by atoms with Crippen molar-refractivity contribution < 1.29 is 9.53 Å². The summed E-state index contributed by atoms with van der Waals surface area (Å²) in [6.07, 6.45) is 7.96. The molecule has 0 bridgehead atoms. The number of rotatable bonds is 0. The van der Waals surface area contributed by atoms with Crippen molar-refractivity contribution >= 4 is 5.78 Å². The molecule has 14 heavy (non-hydrogen) atoms. The van der Waals surface area contributed by atoms with Crippen LogP contribution in [0.1, 0.15) is 39.5 Å². The molecule has 1 aliphatic heterocycles.